The van der Waals surface area contributed by atoms with Crippen LogP contribution < -0.4 is 5.32 Å². The normalized spacial score (nSPS) is 10.3. The predicted octanol–water partition coefficient (Wildman–Crippen LogP) is 1.21. The van der Waals surface area contributed by atoms with Crippen molar-refractivity contribution >= 4 is 0 Å². The average molecular weight is 187 g/mol. The molecule has 0 spiro atoms. The fourth-order valence-electron chi connectivity index (χ4n) is 0.743. The second-order valence-electron chi connectivity index (χ2n) is 3.04. The third-order valence-electron chi connectivity index (χ3n) is 1.54. The lowest BCUT2D eigenvalue weighted by molar-refractivity contribution is 0.0505. The maximum absolute atomic E-state index is 5.32. The molecular weight excluding hydrogens is 166 g/mol. The Morgan fingerprint density at radius 1 is 1.15 bits per heavy atom. The van der Waals surface area contributed by atoms with E-state index in [1.54, 1.807) is 0 Å². The Hall–Kier alpha value is -0.380. The van der Waals surface area contributed by atoms with Gasteiger partial charge in [-0.25, -0.2) is 0 Å². The van der Waals surface area contributed by atoms with Gasteiger partial charge < -0.3 is 14.8 Å². The van der Waals surface area contributed by atoms with Gasteiger partial charge in [0.15, 0.2) is 0 Å². The topological polar surface area (TPSA) is 30.5 Å². The maximum atomic E-state index is 5.32. The predicted molar refractivity (Wildman–Crippen MR) is 55.0 cm³/mol. The molecular formula is C10H21NO2. The maximum Gasteiger partial charge on any atom is 0.0701 e. The molecule has 3 heteroatoms. The number of nitrogens with one attached hydrogen (secondary N) is 1. The first-order chi connectivity index (χ1) is 6.27. The number of rotatable bonds is 9. The minimum atomic E-state index is 0.678. The van der Waals surface area contributed by atoms with Crippen LogP contribution in [-0.2, 0) is 9.47 Å². The SMILES string of the molecule is C=C(C)CCOCCOCCNC. The van der Waals surface area contributed by atoms with Gasteiger partial charge in [0.05, 0.1) is 26.4 Å². The minimum absolute atomic E-state index is 0.678. The van der Waals surface area contributed by atoms with Crippen molar-refractivity contribution in [3.8, 4) is 0 Å². The zero-order valence-electron chi connectivity index (χ0n) is 8.77. The molecule has 0 amide bonds. The summed E-state index contributed by atoms with van der Waals surface area (Å²) in [5.74, 6) is 0. The summed E-state index contributed by atoms with van der Waals surface area (Å²) in [6.45, 7) is 9.56. The minimum Gasteiger partial charge on any atom is -0.379 e. The Labute approximate surface area is 81.1 Å². The van der Waals surface area contributed by atoms with Crippen molar-refractivity contribution in [2.75, 3.05) is 40.0 Å². The summed E-state index contributed by atoms with van der Waals surface area (Å²) in [6, 6.07) is 0. The van der Waals surface area contributed by atoms with Gasteiger partial charge in [-0.2, -0.15) is 0 Å². The van der Waals surface area contributed by atoms with E-state index in [-0.39, 0.29) is 0 Å². The van der Waals surface area contributed by atoms with Crippen LogP contribution >= 0.6 is 0 Å². The molecule has 13 heavy (non-hydrogen) atoms. The van der Waals surface area contributed by atoms with Crippen LogP contribution in [0.1, 0.15) is 13.3 Å². The quantitative estimate of drug-likeness (QED) is 0.434. The number of hydrogen-bond donors (Lipinski definition) is 1. The van der Waals surface area contributed by atoms with Crippen molar-refractivity contribution in [1.29, 1.82) is 0 Å². The molecule has 1 N–H and O–H groups in total. The highest BCUT2D eigenvalue weighted by atomic mass is 16.5. The molecule has 78 valence electrons. The fraction of sp³-hybridized carbons (Fsp3) is 0.800. The van der Waals surface area contributed by atoms with Crippen LogP contribution in [-0.4, -0.2) is 40.0 Å². The first kappa shape index (κ1) is 12.6. The highest BCUT2D eigenvalue weighted by molar-refractivity contribution is 4.86. The van der Waals surface area contributed by atoms with Gasteiger partial charge in [-0.3, -0.25) is 0 Å². The molecule has 0 heterocycles. The number of likely N-dealkylation sites (N-methyl/N-ethyl adjacent to an activating group) is 1. The van der Waals surface area contributed by atoms with Crippen molar-refractivity contribution in [2.24, 2.45) is 0 Å². The van der Waals surface area contributed by atoms with Crippen LogP contribution in [0.25, 0.3) is 0 Å². The van der Waals surface area contributed by atoms with E-state index >= 15 is 0 Å². The summed E-state index contributed by atoms with van der Waals surface area (Å²) in [4.78, 5) is 0. The Morgan fingerprint density at radius 3 is 2.31 bits per heavy atom. The van der Waals surface area contributed by atoms with Crippen LogP contribution in [0, 0.1) is 0 Å². The Morgan fingerprint density at radius 2 is 1.77 bits per heavy atom. The second-order valence-corrected chi connectivity index (χ2v) is 3.04. The summed E-state index contributed by atoms with van der Waals surface area (Å²) in [7, 11) is 1.91. The zero-order valence-corrected chi connectivity index (χ0v) is 8.77. The molecule has 0 aromatic carbocycles. The van der Waals surface area contributed by atoms with E-state index in [4.69, 9.17) is 9.47 Å². The summed E-state index contributed by atoms with van der Waals surface area (Å²) < 4.78 is 10.6. The van der Waals surface area contributed by atoms with Gasteiger partial charge in [-0.1, -0.05) is 5.57 Å². The first-order valence-corrected chi connectivity index (χ1v) is 4.72. The Balaban J connectivity index is 2.87. The van der Waals surface area contributed by atoms with E-state index in [1.165, 1.54) is 0 Å². The van der Waals surface area contributed by atoms with E-state index < -0.39 is 0 Å². The monoisotopic (exact) mass is 187 g/mol. The molecule has 0 unspecified atom stereocenters. The summed E-state index contributed by atoms with van der Waals surface area (Å²) in [5.41, 5.74) is 1.16. The molecule has 0 bridgehead atoms. The van der Waals surface area contributed by atoms with E-state index in [2.05, 4.69) is 11.9 Å². The van der Waals surface area contributed by atoms with Crippen LogP contribution in [0.4, 0.5) is 0 Å². The Bertz CT molecular complexity index is 126. The van der Waals surface area contributed by atoms with Crippen LogP contribution in [0.3, 0.4) is 0 Å². The van der Waals surface area contributed by atoms with Gasteiger partial charge in [-0.15, -0.1) is 6.58 Å². The van der Waals surface area contributed by atoms with Gasteiger partial charge in [0, 0.05) is 6.54 Å². The summed E-state index contributed by atoms with van der Waals surface area (Å²) in [5, 5.41) is 3.01. The van der Waals surface area contributed by atoms with E-state index in [0.717, 1.165) is 31.8 Å². The highest BCUT2D eigenvalue weighted by Gasteiger charge is 1.90. The molecule has 0 aromatic heterocycles. The molecule has 0 radical (unpaired) electrons. The zero-order chi connectivity index (χ0) is 9.94. The number of ether oxygens (including phenoxy) is 2. The molecule has 3 nitrogen and oxygen atoms in total. The van der Waals surface area contributed by atoms with Gasteiger partial charge >= 0.3 is 0 Å². The highest BCUT2D eigenvalue weighted by Crippen LogP contribution is 1.94. The molecule has 0 rings (SSSR count). The van der Waals surface area contributed by atoms with E-state index in [1.807, 2.05) is 14.0 Å². The fourth-order valence-corrected chi connectivity index (χ4v) is 0.743. The first-order valence-electron chi connectivity index (χ1n) is 4.72. The Kier molecular flexibility index (Phi) is 9.42. The van der Waals surface area contributed by atoms with Crippen LogP contribution in [0.2, 0.25) is 0 Å². The molecule has 0 aliphatic rings. The van der Waals surface area contributed by atoms with Gasteiger partial charge in [0.1, 0.15) is 0 Å². The summed E-state index contributed by atoms with van der Waals surface area (Å²) in [6.07, 6.45) is 0.941. The standard InChI is InChI=1S/C10H21NO2/c1-10(2)4-6-12-8-9-13-7-5-11-3/h11H,1,4-9H2,2-3H3. The molecule has 0 atom stereocenters. The third kappa shape index (κ3) is 11.6. The molecule has 0 aromatic rings. The lowest BCUT2D eigenvalue weighted by Gasteiger charge is -2.05. The van der Waals surface area contributed by atoms with Crippen LogP contribution in [0.15, 0.2) is 12.2 Å². The lowest BCUT2D eigenvalue weighted by atomic mass is 10.3. The molecule has 0 saturated heterocycles. The van der Waals surface area contributed by atoms with Gasteiger partial charge in [0.2, 0.25) is 0 Å². The third-order valence-corrected chi connectivity index (χ3v) is 1.54. The second kappa shape index (κ2) is 9.71. The lowest BCUT2D eigenvalue weighted by Crippen LogP contribution is -2.16. The van der Waals surface area contributed by atoms with Crippen molar-refractivity contribution in [1.82, 2.24) is 5.32 Å². The van der Waals surface area contributed by atoms with Crippen molar-refractivity contribution in [2.45, 2.75) is 13.3 Å². The largest absolute Gasteiger partial charge is 0.379 e. The van der Waals surface area contributed by atoms with Crippen molar-refractivity contribution < 1.29 is 9.47 Å². The molecule has 0 aliphatic heterocycles. The van der Waals surface area contributed by atoms with Crippen LogP contribution in [0.5, 0.6) is 0 Å². The molecule has 0 aliphatic carbocycles. The molecule has 0 saturated carbocycles. The van der Waals surface area contributed by atoms with Gasteiger partial charge in [0.25, 0.3) is 0 Å². The van der Waals surface area contributed by atoms with Gasteiger partial charge in [-0.05, 0) is 20.4 Å². The smallest absolute Gasteiger partial charge is 0.0701 e. The average Bonchev–Trinajstić information content (AvgIpc) is 2.09. The molecule has 0 fully saturated rings. The summed E-state index contributed by atoms with van der Waals surface area (Å²) >= 11 is 0. The van der Waals surface area contributed by atoms with Crippen molar-refractivity contribution in [3.05, 3.63) is 12.2 Å². The number of hydrogen-bond acceptors (Lipinski definition) is 3. The van der Waals surface area contributed by atoms with Crippen molar-refractivity contribution in [3.63, 3.8) is 0 Å². The van der Waals surface area contributed by atoms with E-state index in [9.17, 15) is 0 Å². The van der Waals surface area contributed by atoms with E-state index in [0.29, 0.717) is 13.2 Å².